The first-order valence-corrected chi connectivity index (χ1v) is 26.8. The van der Waals surface area contributed by atoms with E-state index < -0.39 is 148 Å². The van der Waals surface area contributed by atoms with Crippen LogP contribution in [0.1, 0.15) is 99.3 Å². The van der Waals surface area contributed by atoms with Crippen molar-refractivity contribution in [2.45, 2.75) is 240 Å². The molecule has 0 aromatic heterocycles. The maximum absolute atomic E-state index is 12.1. The number of aliphatic hydroxyl groups is 13. The number of hydrogen-bond acceptors (Lipinski definition) is 22. The molecule has 9 aliphatic rings. The molecular weight excluding hydrogens is 965 g/mol. The Morgan fingerprint density at radius 3 is 1.85 bits per heavy atom. The van der Waals surface area contributed by atoms with Gasteiger partial charge < -0.3 is 109 Å². The van der Waals surface area contributed by atoms with Crippen LogP contribution >= 0.6 is 0 Å². The summed E-state index contributed by atoms with van der Waals surface area (Å²) in [5, 5.41) is 139. The molecule has 0 spiro atoms. The van der Waals surface area contributed by atoms with E-state index >= 15 is 0 Å². The van der Waals surface area contributed by atoms with E-state index in [4.69, 9.17) is 42.6 Å². The first-order valence-electron chi connectivity index (χ1n) is 26.8. The summed E-state index contributed by atoms with van der Waals surface area (Å²) >= 11 is 0. The van der Waals surface area contributed by atoms with Gasteiger partial charge >= 0.3 is 0 Å². The molecule has 8 fully saturated rings. The van der Waals surface area contributed by atoms with E-state index in [2.05, 4.69) is 26.8 Å². The van der Waals surface area contributed by atoms with Gasteiger partial charge in [0.25, 0.3) is 0 Å². The van der Waals surface area contributed by atoms with Crippen molar-refractivity contribution in [2.75, 3.05) is 19.8 Å². The number of aliphatic hydroxyl groups excluding tert-OH is 12. The summed E-state index contributed by atoms with van der Waals surface area (Å²) in [6.45, 7) is 10.7. The molecule has 1 unspecified atom stereocenters. The predicted octanol–water partition coefficient (Wildman–Crippen LogP) is -1.98. The van der Waals surface area contributed by atoms with E-state index in [1.165, 1.54) is 19.4 Å². The Balaban J connectivity index is 0.860. The SMILES string of the molecule is C[C@H](CC[C@@]1(O)O[C@H]2C[C@H]3[C@@H]4CC=C5C[C@@H](O[C@@H]6O[C@H](CO)[C@@H](O)[C@H](O[C@@H]7O[C@@H](C)[C@H](O)[C@@H](O)[C@H]7O)[C@H]6O[C@@H]6O[C@@H](C)[C@H](O)[C@@H](O)[C@H]6O)CC[C@]5(C)[C@H]4CC[C@]3(C)C2[C@@H]1C)CO[C@H]1O[C@@H](CO)[C@H](O)[C@@H](O)[C@@H]1O. The van der Waals surface area contributed by atoms with Gasteiger partial charge in [-0.25, -0.2) is 0 Å². The van der Waals surface area contributed by atoms with Crippen molar-refractivity contribution in [3.05, 3.63) is 11.6 Å². The summed E-state index contributed by atoms with van der Waals surface area (Å²) < 4.78 is 55.0. The molecular formula is C51H84O22. The topological polar surface area (TPSA) is 346 Å². The van der Waals surface area contributed by atoms with Gasteiger partial charge in [0.2, 0.25) is 0 Å². The normalized spacial score (nSPS) is 55.5. The van der Waals surface area contributed by atoms with Crippen LogP contribution < -0.4 is 0 Å². The molecule has 3 saturated carbocycles. The third kappa shape index (κ3) is 10.2. The average Bonchev–Trinajstić information content (AvgIpc) is 3.80. The Kier molecular flexibility index (Phi) is 16.9. The minimum Gasteiger partial charge on any atom is -0.394 e. The van der Waals surface area contributed by atoms with E-state index in [0.717, 1.165) is 32.1 Å². The molecule has 22 heteroatoms. The van der Waals surface area contributed by atoms with Gasteiger partial charge in [0, 0.05) is 12.3 Å². The maximum Gasteiger partial charge on any atom is 0.187 e. The molecule has 5 aliphatic heterocycles. The molecule has 0 amide bonds. The Morgan fingerprint density at radius 2 is 1.22 bits per heavy atom. The molecule has 5 saturated heterocycles. The van der Waals surface area contributed by atoms with Crippen molar-refractivity contribution >= 4 is 0 Å². The molecule has 22 nitrogen and oxygen atoms in total. The summed E-state index contributed by atoms with van der Waals surface area (Å²) in [5.41, 5.74) is 1.05. The molecule has 13 N–H and O–H groups in total. The van der Waals surface area contributed by atoms with E-state index in [-0.39, 0.29) is 41.3 Å². The van der Waals surface area contributed by atoms with Crippen LogP contribution in [0.5, 0.6) is 0 Å². The van der Waals surface area contributed by atoms with Crippen molar-refractivity contribution in [3.8, 4) is 0 Å². The fourth-order valence-electron chi connectivity index (χ4n) is 14.9. The lowest BCUT2D eigenvalue weighted by molar-refractivity contribution is -0.393. The summed E-state index contributed by atoms with van der Waals surface area (Å²) in [4.78, 5) is 0. The van der Waals surface area contributed by atoms with Gasteiger partial charge in [-0.05, 0) is 106 Å². The number of fused-ring (bicyclic) bond motifs is 7. The molecule has 9 rings (SSSR count). The molecule has 0 aromatic carbocycles. The second kappa shape index (κ2) is 21.8. The number of hydrogen-bond donors (Lipinski definition) is 13. The highest BCUT2D eigenvalue weighted by atomic mass is 16.8. The summed E-state index contributed by atoms with van der Waals surface area (Å²) in [7, 11) is 0. The van der Waals surface area contributed by atoms with Crippen LogP contribution in [0.4, 0.5) is 0 Å². The van der Waals surface area contributed by atoms with Crippen molar-refractivity contribution in [1.29, 1.82) is 0 Å². The molecule has 420 valence electrons. The van der Waals surface area contributed by atoms with Crippen LogP contribution in [0.3, 0.4) is 0 Å². The van der Waals surface area contributed by atoms with Crippen LogP contribution in [-0.2, 0) is 42.6 Å². The van der Waals surface area contributed by atoms with E-state index in [9.17, 15) is 66.4 Å². The van der Waals surface area contributed by atoms with Gasteiger partial charge in [-0.1, -0.05) is 39.3 Å². The zero-order valence-corrected chi connectivity index (χ0v) is 42.7. The van der Waals surface area contributed by atoms with Crippen LogP contribution in [0.2, 0.25) is 0 Å². The highest BCUT2D eigenvalue weighted by Gasteiger charge is 2.68. The summed E-state index contributed by atoms with van der Waals surface area (Å²) in [6, 6.07) is 0. The van der Waals surface area contributed by atoms with Crippen molar-refractivity contribution in [2.24, 2.45) is 46.3 Å². The van der Waals surface area contributed by atoms with Crippen molar-refractivity contribution in [1.82, 2.24) is 0 Å². The smallest absolute Gasteiger partial charge is 0.187 e. The fraction of sp³-hybridized carbons (Fsp3) is 0.961. The van der Waals surface area contributed by atoms with Gasteiger partial charge in [0.15, 0.2) is 30.9 Å². The monoisotopic (exact) mass is 1050 g/mol. The first-order chi connectivity index (χ1) is 34.5. The lowest BCUT2D eigenvalue weighted by Gasteiger charge is -2.58. The summed E-state index contributed by atoms with van der Waals surface area (Å²) in [5.74, 6) is -0.265. The zero-order valence-electron chi connectivity index (χ0n) is 42.7. The standard InChI is InChI=1S/C51H84O22/c1-20(19-65-45-40(61)39(60)35(56)30(17-52)69-45)9-14-51(64)21(2)32-29(73-51)16-28-26-8-7-24-15-25(10-12-49(24,5)27(26)11-13-50(28,32)6)68-48-44(72-47-42(63)38(59)34(55)23(4)67-47)43(36(57)31(18-53)70-48)71-46-41(62)37(58)33(54)22(3)66-46/h7,20-23,25-48,52-64H,8-19H2,1-6H3/t20-,21+,22+,23+,25+,26-,27+,28+,29+,30+,31-,32?,33+,34+,35+,36-,37-,38-,39-,40+,41-,42-,43+,44-,45+,46+,47+,48-,49+,50+,51-/m1/s1. The minimum absolute atomic E-state index is 0.0640. The van der Waals surface area contributed by atoms with Crippen LogP contribution in [0.15, 0.2) is 11.6 Å². The number of rotatable bonds is 14. The fourth-order valence-corrected chi connectivity index (χ4v) is 14.9. The van der Waals surface area contributed by atoms with Crippen LogP contribution in [0, 0.1) is 46.3 Å². The Bertz CT molecular complexity index is 1900. The predicted molar refractivity (Wildman–Crippen MR) is 249 cm³/mol. The molecule has 73 heavy (non-hydrogen) atoms. The highest BCUT2D eigenvalue weighted by molar-refractivity contribution is 5.26. The zero-order chi connectivity index (χ0) is 52.8. The molecule has 4 aliphatic carbocycles. The van der Waals surface area contributed by atoms with E-state index in [1.54, 1.807) is 0 Å². The van der Waals surface area contributed by atoms with Gasteiger partial charge in [0.1, 0.15) is 85.5 Å². The van der Waals surface area contributed by atoms with Crippen LogP contribution in [-0.4, -0.2) is 227 Å². The molecule has 5 heterocycles. The van der Waals surface area contributed by atoms with Gasteiger partial charge in [-0.2, -0.15) is 0 Å². The average molecular weight is 1050 g/mol. The molecule has 31 atom stereocenters. The van der Waals surface area contributed by atoms with Crippen molar-refractivity contribution in [3.63, 3.8) is 0 Å². The lowest BCUT2D eigenvalue weighted by Crippen LogP contribution is -2.67. The van der Waals surface area contributed by atoms with E-state index in [0.29, 0.717) is 43.4 Å². The molecule has 0 radical (unpaired) electrons. The third-order valence-electron chi connectivity index (χ3n) is 19.5. The van der Waals surface area contributed by atoms with E-state index in [1.807, 2.05) is 6.92 Å². The van der Waals surface area contributed by atoms with Crippen molar-refractivity contribution < 1.29 is 109 Å². The van der Waals surface area contributed by atoms with Gasteiger partial charge in [-0.15, -0.1) is 0 Å². The largest absolute Gasteiger partial charge is 0.394 e. The van der Waals surface area contributed by atoms with Crippen LogP contribution in [0.25, 0.3) is 0 Å². The Hall–Kier alpha value is -1.14. The Morgan fingerprint density at radius 1 is 0.644 bits per heavy atom. The minimum atomic E-state index is -1.77. The molecule has 0 bridgehead atoms. The van der Waals surface area contributed by atoms with Gasteiger partial charge in [-0.3, -0.25) is 0 Å². The summed E-state index contributed by atoms with van der Waals surface area (Å²) in [6.07, 6.45) is -20.7. The Labute approximate surface area is 426 Å². The quantitative estimate of drug-likeness (QED) is 0.0839. The lowest BCUT2D eigenvalue weighted by atomic mass is 9.47. The van der Waals surface area contributed by atoms with Gasteiger partial charge in [0.05, 0.1) is 44.2 Å². The third-order valence-corrected chi connectivity index (χ3v) is 19.5. The second-order valence-corrected chi connectivity index (χ2v) is 23.8. The molecule has 0 aromatic rings. The first kappa shape index (κ1) is 56.6. The highest BCUT2D eigenvalue weighted by Crippen LogP contribution is 2.70. The maximum atomic E-state index is 12.1. The second-order valence-electron chi connectivity index (χ2n) is 23.8. The number of ether oxygens (including phenoxy) is 9. The number of allylic oxidation sites excluding steroid dienone is 1.